The van der Waals surface area contributed by atoms with Gasteiger partial charge in [0.15, 0.2) is 0 Å². The van der Waals surface area contributed by atoms with Crippen molar-refractivity contribution in [2.24, 2.45) is 5.92 Å². The number of aryl methyl sites for hydroxylation is 1. The molecule has 1 heterocycles. The Morgan fingerprint density at radius 2 is 2.00 bits per heavy atom. The average Bonchev–Trinajstić information content (AvgIpc) is 3.03. The lowest BCUT2D eigenvalue weighted by Gasteiger charge is -2.18. The Balaban J connectivity index is 1.78. The lowest BCUT2D eigenvalue weighted by atomic mass is 10.0. The van der Waals surface area contributed by atoms with Gasteiger partial charge in [0.25, 0.3) is 0 Å². The molecule has 136 valence electrons. The van der Waals surface area contributed by atoms with E-state index < -0.39 is 0 Å². The van der Waals surface area contributed by atoms with Crippen LogP contribution in [0.4, 0.5) is 4.79 Å². The molecule has 2 rings (SSSR count). The van der Waals surface area contributed by atoms with Crippen molar-refractivity contribution in [2.45, 2.75) is 39.7 Å². The summed E-state index contributed by atoms with van der Waals surface area (Å²) < 4.78 is 5.50. The predicted molar refractivity (Wildman–Crippen MR) is 97.2 cm³/mol. The van der Waals surface area contributed by atoms with Crippen LogP contribution in [0.25, 0.3) is 11.5 Å². The molecule has 0 aliphatic rings. The molecule has 1 aromatic heterocycles. The van der Waals surface area contributed by atoms with Gasteiger partial charge in [0, 0.05) is 18.5 Å². The molecule has 1 unspecified atom stereocenters. The van der Waals surface area contributed by atoms with Crippen LogP contribution in [-0.2, 0) is 6.42 Å². The van der Waals surface area contributed by atoms with E-state index in [9.17, 15) is 9.90 Å². The van der Waals surface area contributed by atoms with E-state index in [0.29, 0.717) is 24.8 Å². The third kappa shape index (κ3) is 6.23. The molecule has 0 bridgehead atoms. The van der Waals surface area contributed by atoms with E-state index in [2.05, 4.69) is 29.5 Å². The summed E-state index contributed by atoms with van der Waals surface area (Å²) in [5, 5.41) is 14.9. The number of carbonyl (C=O) groups excluding carboxylic acids is 1. The summed E-state index contributed by atoms with van der Waals surface area (Å²) in [7, 11) is 0. The molecule has 0 aliphatic heterocycles. The Bertz CT molecular complexity index is 665. The summed E-state index contributed by atoms with van der Waals surface area (Å²) in [5.41, 5.74) is 2.91. The SMILES string of the molecule is Cc1ccc(-c2nc(CCNC(=O)NC(CO)CC(C)C)co2)cc1. The molecule has 3 N–H and O–H groups in total. The maximum atomic E-state index is 11.9. The summed E-state index contributed by atoms with van der Waals surface area (Å²) in [5.74, 6) is 0.990. The monoisotopic (exact) mass is 345 g/mol. The molecule has 0 saturated carbocycles. The maximum absolute atomic E-state index is 11.9. The van der Waals surface area contributed by atoms with Crippen molar-refractivity contribution in [3.63, 3.8) is 0 Å². The van der Waals surface area contributed by atoms with Gasteiger partial charge in [-0.15, -0.1) is 0 Å². The first kappa shape index (κ1) is 19.0. The Kier molecular flexibility index (Phi) is 7.01. The van der Waals surface area contributed by atoms with Crippen molar-refractivity contribution in [3.8, 4) is 11.5 Å². The van der Waals surface area contributed by atoms with E-state index in [0.717, 1.165) is 17.7 Å². The highest BCUT2D eigenvalue weighted by Crippen LogP contribution is 2.19. The second kappa shape index (κ2) is 9.22. The fourth-order valence-corrected chi connectivity index (χ4v) is 2.54. The van der Waals surface area contributed by atoms with Gasteiger partial charge in [-0.1, -0.05) is 31.5 Å². The normalized spacial score (nSPS) is 12.2. The molecule has 6 heteroatoms. The van der Waals surface area contributed by atoms with Crippen molar-refractivity contribution < 1.29 is 14.3 Å². The van der Waals surface area contributed by atoms with Crippen molar-refractivity contribution in [1.29, 1.82) is 0 Å². The van der Waals surface area contributed by atoms with Gasteiger partial charge in [-0.05, 0) is 31.4 Å². The number of hydrogen-bond donors (Lipinski definition) is 3. The molecule has 2 amide bonds. The number of aliphatic hydroxyl groups is 1. The van der Waals surface area contributed by atoms with Crippen LogP contribution >= 0.6 is 0 Å². The van der Waals surface area contributed by atoms with Gasteiger partial charge in [0.05, 0.1) is 18.3 Å². The van der Waals surface area contributed by atoms with Crippen molar-refractivity contribution >= 4 is 6.03 Å². The highest BCUT2D eigenvalue weighted by Gasteiger charge is 2.13. The number of benzene rings is 1. The summed E-state index contributed by atoms with van der Waals surface area (Å²) in [6, 6.07) is 7.47. The quantitative estimate of drug-likeness (QED) is 0.686. The molecule has 6 nitrogen and oxygen atoms in total. The molecule has 0 radical (unpaired) electrons. The van der Waals surface area contributed by atoms with Crippen LogP contribution in [0.2, 0.25) is 0 Å². The van der Waals surface area contributed by atoms with E-state index in [1.807, 2.05) is 31.2 Å². The smallest absolute Gasteiger partial charge is 0.315 e. The lowest BCUT2D eigenvalue weighted by molar-refractivity contribution is 0.207. The lowest BCUT2D eigenvalue weighted by Crippen LogP contribution is -2.44. The summed E-state index contributed by atoms with van der Waals surface area (Å²) >= 11 is 0. The first-order valence-electron chi connectivity index (χ1n) is 8.64. The zero-order valence-electron chi connectivity index (χ0n) is 15.1. The largest absolute Gasteiger partial charge is 0.444 e. The highest BCUT2D eigenvalue weighted by molar-refractivity contribution is 5.74. The molecular formula is C19H27N3O3. The van der Waals surface area contributed by atoms with Crippen LogP contribution in [-0.4, -0.2) is 35.3 Å². The van der Waals surface area contributed by atoms with Gasteiger partial charge < -0.3 is 20.2 Å². The minimum Gasteiger partial charge on any atom is -0.444 e. The molecule has 25 heavy (non-hydrogen) atoms. The van der Waals surface area contributed by atoms with Gasteiger partial charge in [-0.3, -0.25) is 0 Å². The van der Waals surface area contributed by atoms with E-state index in [1.54, 1.807) is 6.26 Å². The van der Waals surface area contributed by atoms with Gasteiger partial charge in [0.2, 0.25) is 5.89 Å². The Morgan fingerprint density at radius 1 is 1.28 bits per heavy atom. The number of amides is 2. The van der Waals surface area contributed by atoms with Gasteiger partial charge in [-0.25, -0.2) is 9.78 Å². The molecule has 0 aliphatic carbocycles. The molecule has 2 aromatic rings. The van der Waals surface area contributed by atoms with Crippen molar-refractivity contribution in [1.82, 2.24) is 15.6 Å². The third-order valence-corrected chi connectivity index (χ3v) is 3.83. The standard InChI is InChI=1S/C19H27N3O3/c1-13(2)10-17(11-23)22-19(24)20-9-8-16-12-25-18(21-16)15-6-4-14(3)5-7-15/h4-7,12-13,17,23H,8-11H2,1-3H3,(H2,20,22,24). The number of aliphatic hydroxyl groups excluding tert-OH is 1. The first-order chi connectivity index (χ1) is 12.0. The zero-order valence-corrected chi connectivity index (χ0v) is 15.1. The van der Waals surface area contributed by atoms with Crippen LogP contribution in [0.3, 0.4) is 0 Å². The number of rotatable bonds is 8. The van der Waals surface area contributed by atoms with Gasteiger partial charge in [0.1, 0.15) is 6.26 Å². The Labute approximate surface area is 148 Å². The summed E-state index contributed by atoms with van der Waals surface area (Å²) in [4.78, 5) is 16.3. The first-order valence-corrected chi connectivity index (χ1v) is 8.64. The van der Waals surface area contributed by atoms with Crippen LogP contribution < -0.4 is 10.6 Å². The minimum absolute atomic E-state index is 0.0607. The van der Waals surface area contributed by atoms with Crippen molar-refractivity contribution in [3.05, 3.63) is 41.8 Å². The van der Waals surface area contributed by atoms with Gasteiger partial charge >= 0.3 is 6.03 Å². The molecular weight excluding hydrogens is 318 g/mol. The second-order valence-electron chi connectivity index (χ2n) is 6.67. The number of nitrogens with one attached hydrogen (secondary N) is 2. The molecule has 0 spiro atoms. The molecule has 0 saturated heterocycles. The molecule has 1 aromatic carbocycles. The van der Waals surface area contributed by atoms with Crippen molar-refractivity contribution in [2.75, 3.05) is 13.2 Å². The number of urea groups is 1. The number of nitrogens with zero attached hydrogens (tertiary/aromatic N) is 1. The predicted octanol–water partition coefficient (Wildman–Crippen LogP) is 2.90. The number of hydrogen-bond acceptors (Lipinski definition) is 4. The maximum Gasteiger partial charge on any atom is 0.315 e. The van der Waals surface area contributed by atoms with E-state index >= 15 is 0 Å². The Morgan fingerprint density at radius 3 is 2.64 bits per heavy atom. The van der Waals surface area contributed by atoms with Crippen LogP contribution in [0, 0.1) is 12.8 Å². The van der Waals surface area contributed by atoms with Crippen LogP contribution in [0.5, 0.6) is 0 Å². The fourth-order valence-electron chi connectivity index (χ4n) is 2.54. The minimum atomic E-state index is -0.276. The number of carbonyl (C=O) groups is 1. The van der Waals surface area contributed by atoms with Gasteiger partial charge in [-0.2, -0.15) is 0 Å². The van der Waals surface area contributed by atoms with E-state index in [4.69, 9.17) is 4.42 Å². The fraction of sp³-hybridized carbons (Fsp3) is 0.474. The van der Waals surface area contributed by atoms with E-state index in [-0.39, 0.29) is 18.7 Å². The number of oxazole rings is 1. The Hall–Kier alpha value is -2.34. The topological polar surface area (TPSA) is 87.4 Å². The second-order valence-corrected chi connectivity index (χ2v) is 6.67. The zero-order chi connectivity index (χ0) is 18.2. The van der Waals surface area contributed by atoms with Crippen LogP contribution in [0.15, 0.2) is 34.9 Å². The van der Waals surface area contributed by atoms with Crippen LogP contribution in [0.1, 0.15) is 31.5 Å². The van der Waals surface area contributed by atoms with E-state index in [1.165, 1.54) is 5.56 Å². The number of aromatic nitrogens is 1. The summed E-state index contributed by atoms with van der Waals surface area (Å²) in [6.07, 6.45) is 2.94. The average molecular weight is 345 g/mol. The highest BCUT2D eigenvalue weighted by atomic mass is 16.3. The molecule has 1 atom stereocenters. The summed E-state index contributed by atoms with van der Waals surface area (Å²) in [6.45, 7) is 6.53. The third-order valence-electron chi connectivity index (χ3n) is 3.83. The molecule has 0 fully saturated rings.